The molecule has 0 spiro atoms. The summed E-state index contributed by atoms with van der Waals surface area (Å²) in [5, 5.41) is 2.87. The molecule has 0 bridgehead atoms. The molecule has 2 aromatic rings. The van der Waals surface area contributed by atoms with Gasteiger partial charge in [-0.1, -0.05) is 36.4 Å². The summed E-state index contributed by atoms with van der Waals surface area (Å²) in [6.07, 6.45) is 0. The second kappa shape index (κ2) is 8.13. The van der Waals surface area contributed by atoms with E-state index in [1.54, 1.807) is 0 Å². The Morgan fingerprint density at radius 1 is 0.947 bits per heavy atom. The molecule has 2 aromatic carbocycles. The molecule has 0 aliphatic rings. The fourth-order valence-electron chi connectivity index (χ4n) is 1.89. The van der Waals surface area contributed by atoms with Crippen LogP contribution in [-0.4, -0.2) is 12.5 Å². The van der Waals surface area contributed by atoms with Gasteiger partial charge >= 0.3 is 0 Å². The van der Waals surface area contributed by atoms with E-state index in [0.717, 1.165) is 17.0 Å². The van der Waals surface area contributed by atoms with Gasteiger partial charge in [-0.05, 0) is 12.8 Å². The molecule has 1 radical (unpaired) electrons. The Morgan fingerprint density at radius 2 is 1.37 bits per heavy atom. The van der Waals surface area contributed by atoms with Crippen LogP contribution in [0.4, 0.5) is 0 Å². The van der Waals surface area contributed by atoms with Gasteiger partial charge in [0.05, 0.1) is 0 Å². The number of carbonyl (C=O) groups is 1. The fraction of sp³-hybridized carbons (Fsp3) is 0.125. The Morgan fingerprint density at radius 3 is 1.74 bits per heavy atom. The molecule has 2 nitrogen and oxygen atoms in total. The Balaban J connectivity index is 0.00000180. The van der Waals surface area contributed by atoms with Crippen molar-refractivity contribution >= 4 is 5.91 Å². The maximum atomic E-state index is 12.2. The molecular formula is C16H16NOY-. The molecule has 0 atom stereocenters. The third-order valence-electron chi connectivity index (χ3n) is 2.69. The molecular weight excluding hydrogens is 311 g/mol. The van der Waals surface area contributed by atoms with Crippen molar-refractivity contribution in [3.8, 4) is 0 Å². The van der Waals surface area contributed by atoms with Crippen LogP contribution in [-0.2, 0) is 37.5 Å². The first kappa shape index (κ1) is 15.9. The van der Waals surface area contributed by atoms with E-state index in [1.165, 1.54) is 0 Å². The van der Waals surface area contributed by atoms with E-state index in [2.05, 4.69) is 5.32 Å². The van der Waals surface area contributed by atoms with E-state index >= 15 is 0 Å². The van der Waals surface area contributed by atoms with Crippen LogP contribution >= 0.6 is 0 Å². The predicted molar refractivity (Wildman–Crippen MR) is 73.0 cm³/mol. The first-order valence-electron chi connectivity index (χ1n) is 6.09. The molecule has 0 heterocycles. The van der Waals surface area contributed by atoms with Gasteiger partial charge in [0.1, 0.15) is 0 Å². The number of nitrogens with one attached hydrogen (secondary N) is 1. The summed E-state index contributed by atoms with van der Waals surface area (Å²) in [6, 6.07) is 19.5. The standard InChI is InChI=1S/C16H16NO.Y/c1-2-17-16(18)15(13-9-5-3-6-10-13)14-11-7-4-8-12-14;/h3-12H,2H2,1H3,(H,17,18);/q-1;. The van der Waals surface area contributed by atoms with Crippen molar-refractivity contribution in [2.75, 3.05) is 6.54 Å². The minimum Gasteiger partial charge on any atom is -0.359 e. The van der Waals surface area contributed by atoms with Crippen molar-refractivity contribution in [3.63, 3.8) is 0 Å². The Labute approximate surface area is 139 Å². The zero-order valence-electron chi connectivity index (χ0n) is 11.0. The third kappa shape index (κ3) is 4.19. The van der Waals surface area contributed by atoms with Crippen LogP contribution in [0.5, 0.6) is 0 Å². The summed E-state index contributed by atoms with van der Waals surface area (Å²) >= 11 is 0. The fourth-order valence-corrected chi connectivity index (χ4v) is 1.89. The van der Waals surface area contributed by atoms with Crippen molar-refractivity contribution in [2.45, 2.75) is 6.92 Å². The van der Waals surface area contributed by atoms with E-state index in [-0.39, 0.29) is 38.6 Å². The number of likely N-dealkylation sites (N-methyl/N-ethyl adjacent to an activating group) is 1. The second-order valence-electron chi connectivity index (χ2n) is 3.97. The minimum absolute atomic E-state index is 0. The average molecular weight is 327 g/mol. The van der Waals surface area contributed by atoms with Crippen LogP contribution in [0.15, 0.2) is 60.7 Å². The first-order valence-corrected chi connectivity index (χ1v) is 6.09. The van der Waals surface area contributed by atoms with Gasteiger partial charge in [-0.3, -0.25) is 4.79 Å². The monoisotopic (exact) mass is 327 g/mol. The third-order valence-corrected chi connectivity index (χ3v) is 2.69. The van der Waals surface area contributed by atoms with E-state index in [9.17, 15) is 4.79 Å². The van der Waals surface area contributed by atoms with Crippen LogP contribution in [0, 0.1) is 5.92 Å². The summed E-state index contributed by atoms with van der Waals surface area (Å²) < 4.78 is 0. The molecule has 0 fully saturated rings. The Kier molecular flexibility index (Phi) is 6.82. The van der Waals surface area contributed by atoms with Gasteiger partial charge in [0.15, 0.2) is 0 Å². The summed E-state index contributed by atoms with van der Waals surface area (Å²) in [5.41, 5.74) is 1.88. The smallest absolute Gasteiger partial charge is 0.217 e. The second-order valence-corrected chi connectivity index (χ2v) is 3.97. The van der Waals surface area contributed by atoms with Crippen LogP contribution in [0.3, 0.4) is 0 Å². The van der Waals surface area contributed by atoms with Gasteiger partial charge < -0.3 is 5.32 Å². The van der Waals surface area contributed by atoms with Crippen LogP contribution in [0.2, 0.25) is 0 Å². The maximum absolute atomic E-state index is 12.2. The summed E-state index contributed by atoms with van der Waals surface area (Å²) in [6.45, 7) is 2.55. The van der Waals surface area contributed by atoms with Crippen molar-refractivity contribution in [2.24, 2.45) is 0 Å². The first-order chi connectivity index (χ1) is 8.83. The van der Waals surface area contributed by atoms with Crippen LogP contribution in [0.1, 0.15) is 18.1 Å². The molecule has 0 aliphatic carbocycles. The normalized spacial score (nSPS) is 9.32. The summed E-state index contributed by atoms with van der Waals surface area (Å²) in [5.74, 6) is 0.688. The molecule has 0 aromatic heterocycles. The van der Waals surface area contributed by atoms with Crippen molar-refractivity contribution < 1.29 is 37.5 Å². The van der Waals surface area contributed by atoms with E-state index in [1.807, 2.05) is 67.6 Å². The number of benzene rings is 2. The molecule has 1 amide bonds. The van der Waals surface area contributed by atoms with Gasteiger partial charge in [-0.2, -0.15) is 0 Å². The molecule has 95 valence electrons. The largest absolute Gasteiger partial charge is 0.359 e. The maximum Gasteiger partial charge on any atom is 0.217 e. The Bertz CT molecular complexity index is 459. The van der Waals surface area contributed by atoms with Gasteiger partial charge in [0.2, 0.25) is 5.91 Å². The SMILES string of the molecule is CCNC(=O)[C-](c1ccccc1)c1ccccc1.[Y]. The molecule has 3 heteroatoms. The Hall–Kier alpha value is -1.12. The molecule has 19 heavy (non-hydrogen) atoms. The van der Waals surface area contributed by atoms with Crippen molar-refractivity contribution in [3.05, 3.63) is 77.7 Å². The quantitative estimate of drug-likeness (QED) is 0.860. The van der Waals surface area contributed by atoms with E-state index < -0.39 is 0 Å². The number of rotatable bonds is 4. The van der Waals surface area contributed by atoms with Gasteiger partial charge in [0.25, 0.3) is 0 Å². The molecule has 0 saturated heterocycles. The topological polar surface area (TPSA) is 29.1 Å². The molecule has 0 unspecified atom stereocenters. The molecule has 0 saturated carbocycles. The molecule has 1 N–H and O–H groups in total. The number of amides is 1. The van der Waals surface area contributed by atoms with Crippen LogP contribution < -0.4 is 5.32 Å². The van der Waals surface area contributed by atoms with Crippen LogP contribution in [0.25, 0.3) is 0 Å². The summed E-state index contributed by atoms with van der Waals surface area (Å²) in [7, 11) is 0. The number of carbonyl (C=O) groups excluding carboxylic acids is 1. The van der Waals surface area contributed by atoms with Gasteiger partial charge in [-0.15, -0.1) is 35.4 Å². The minimum atomic E-state index is -0.0325. The number of hydrogen-bond donors (Lipinski definition) is 1. The van der Waals surface area contributed by atoms with Gasteiger partial charge in [-0.25, -0.2) is 0 Å². The number of hydrogen-bond acceptors (Lipinski definition) is 1. The van der Waals surface area contributed by atoms with Crippen molar-refractivity contribution in [1.82, 2.24) is 5.32 Å². The summed E-state index contributed by atoms with van der Waals surface area (Å²) in [4.78, 5) is 12.2. The molecule has 0 aliphatic heterocycles. The molecule has 2 rings (SSSR count). The van der Waals surface area contributed by atoms with E-state index in [0.29, 0.717) is 6.54 Å². The van der Waals surface area contributed by atoms with E-state index in [4.69, 9.17) is 0 Å². The zero-order valence-corrected chi connectivity index (χ0v) is 13.8. The average Bonchev–Trinajstić information content (AvgIpc) is 2.42. The van der Waals surface area contributed by atoms with Crippen molar-refractivity contribution in [1.29, 1.82) is 0 Å². The zero-order chi connectivity index (χ0) is 12.8. The predicted octanol–water partition coefficient (Wildman–Crippen LogP) is 2.79. The van der Waals surface area contributed by atoms with Gasteiger partial charge in [0, 0.05) is 39.3 Å².